The van der Waals surface area contributed by atoms with Gasteiger partial charge in [0.1, 0.15) is 11.5 Å². The predicted molar refractivity (Wildman–Crippen MR) is 116 cm³/mol. The molecule has 4 heteroatoms. The lowest BCUT2D eigenvalue weighted by Crippen LogP contribution is -2.16. The maximum Gasteiger partial charge on any atom is 0.185 e. The van der Waals surface area contributed by atoms with Crippen molar-refractivity contribution in [3.63, 3.8) is 0 Å². The van der Waals surface area contributed by atoms with E-state index in [1.165, 1.54) is 0 Å². The fraction of sp³-hybridized carbons (Fsp3) is 0.292. The summed E-state index contributed by atoms with van der Waals surface area (Å²) in [7, 11) is 0. The second kappa shape index (κ2) is 9.27. The number of allylic oxidation sites excluding steroid dienone is 2. The summed E-state index contributed by atoms with van der Waals surface area (Å²) in [5.41, 5.74) is 8.42. The van der Waals surface area contributed by atoms with Crippen LogP contribution in [0.1, 0.15) is 49.2 Å². The smallest absolute Gasteiger partial charge is 0.185 e. The van der Waals surface area contributed by atoms with E-state index in [1.54, 1.807) is 36.4 Å². The topological polar surface area (TPSA) is 61.6 Å². The fourth-order valence-electron chi connectivity index (χ4n) is 2.79. The lowest BCUT2D eigenvalue weighted by Gasteiger charge is -2.25. The first-order valence-corrected chi connectivity index (χ1v) is 9.48. The van der Waals surface area contributed by atoms with Crippen LogP contribution in [0.2, 0.25) is 0 Å². The molecule has 2 N–H and O–H groups in total. The van der Waals surface area contributed by atoms with Crippen LogP contribution in [0.3, 0.4) is 0 Å². The number of hydrogen-bond donors (Lipinski definition) is 1. The van der Waals surface area contributed by atoms with Gasteiger partial charge in [0.25, 0.3) is 0 Å². The first kappa shape index (κ1) is 21.3. The van der Waals surface area contributed by atoms with Crippen molar-refractivity contribution in [2.45, 2.75) is 33.1 Å². The third kappa shape index (κ3) is 5.03. The van der Waals surface area contributed by atoms with Gasteiger partial charge >= 0.3 is 0 Å². The Morgan fingerprint density at radius 3 is 2.25 bits per heavy atom. The molecular formula is C24H29NO3. The van der Waals surface area contributed by atoms with E-state index in [2.05, 4.69) is 20.4 Å². The van der Waals surface area contributed by atoms with Crippen LogP contribution in [0.25, 0.3) is 6.08 Å². The van der Waals surface area contributed by atoms with Gasteiger partial charge in [0.2, 0.25) is 0 Å². The Morgan fingerprint density at radius 2 is 1.68 bits per heavy atom. The molecule has 2 aromatic carbocycles. The summed E-state index contributed by atoms with van der Waals surface area (Å²) >= 11 is 0. The normalized spacial score (nSPS) is 11.4. The van der Waals surface area contributed by atoms with Gasteiger partial charge in [-0.15, -0.1) is 6.58 Å². The van der Waals surface area contributed by atoms with Crippen LogP contribution in [0.15, 0.2) is 55.1 Å². The standard InChI is InChI=1S/C24H29NO3/c1-6-24(4,5)20-15-18(22(27-7-2)16-23(20)28-8-3)11-14-21(26)17-9-12-19(25)13-10-17/h6,9-16H,1,7-8,25H2,2-5H3/b14-11+. The van der Waals surface area contributed by atoms with Gasteiger partial charge in [-0.05, 0) is 56.3 Å². The third-order valence-electron chi connectivity index (χ3n) is 4.53. The van der Waals surface area contributed by atoms with Gasteiger partial charge in [-0.3, -0.25) is 4.79 Å². The number of nitrogen functional groups attached to an aromatic ring is 1. The van der Waals surface area contributed by atoms with Crippen molar-refractivity contribution >= 4 is 17.5 Å². The molecule has 0 heterocycles. The van der Waals surface area contributed by atoms with Crippen LogP contribution in [0.5, 0.6) is 11.5 Å². The zero-order chi connectivity index (χ0) is 20.7. The van der Waals surface area contributed by atoms with E-state index in [9.17, 15) is 4.79 Å². The van der Waals surface area contributed by atoms with E-state index in [4.69, 9.17) is 15.2 Å². The molecule has 0 aliphatic carbocycles. The number of nitrogens with two attached hydrogens (primary N) is 1. The molecule has 0 aromatic heterocycles. The summed E-state index contributed by atoms with van der Waals surface area (Å²) in [4.78, 5) is 12.5. The average molecular weight is 380 g/mol. The van der Waals surface area contributed by atoms with Crippen LogP contribution < -0.4 is 15.2 Å². The molecule has 0 saturated heterocycles. The van der Waals surface area contributed by atoms with E-state index in [0.717, 1.165) is 16.9 Å². The van der Waals surface area contributed by atoms with E-state index in [0.29, 0.717) is 30.2 Å². The van der Waals surface area contributed by atoms with Gasteiger partial charge in [0.15, 0.2) is 5.78 Å². The molecule has 2 aromatic rings. The maximum absolute atomic E-state index is 12.5. The van der Waals surface area contributed by atoms with Crippen molar-refractivity contribution in [2.24, 2.45) is 0 Å². The van der Waals surface area contributed by atoms with Crippen molar-refractivity contribution in [2.75, 3.05) is 18.9 Å². The Bertz CT molecular complexity index is 864. The average Bonchev–Trinajstić information content (AvgIpc) is 2.68. The number of ketones is 1. The molecule has 0 radical (unpaired) electrons. The van der Waals surface area contributed by atoms with Gasteiger partial charge < -0.3 is 15.2 Å². The number of anilines is 1. The van der Waals surface area contributed by atoms with E-state index in [1.807, 2.05) is 32.1 Å². The predicted octanol–water partition coefficient (Wildman–Crippen LogP) is 5.43. The SMILES string of the molecule is C=CC(C)(C)c1cc(/C=C/C(=O)c2ccc(N)cc2)c(OCC)cc1OCC. The maximum atomic E-state index is 12.5. The van der Waals surface area contributed by atoms with E-state index in [-0.39, 0.29) is 11.2 Å². The summed E-state index contributed by atoms with van der Waals surface area (Å²) in [5, 5.41) is 0. The Balaban J connectivity index is 2.48. The minimum atomic E-state index is -0.293. The number of rotatable bonds is 9. The lowest BCUT2D eigenvalue weighted by molar-refractivity contribution is 0.104. The first-order chi connectivity index (χ1) is 13.3. The Kier molecular flexibility index (Phi) is 7.05. The largest absolute Gasteiger partial charge is 0.493 e. The fourth-order valence-corrected chi connectivity index (χ4v) is 2.79. The highest BCUT2D eigenvalue weighted by Crippen LogP contribution is 2.38. The summed E-state index contributed by atoms with van der Waals surface area (Å²) in [6.45, 7) is 13.0. The Labute approximate surface area is 167 Å². The van der Waals surface area contributed by atoms with Crippen LogP contribution in [-0.2, 0) is 5.41 Å². The summed E-state index contributed by atoms with van der Waals surface area (Å²) < 4.78 is 11.6. The minimum Gasteiger partial charge on any atom is -0.493 e. The van der Waals surface area contributed by atoms with Crippen LogP contribution in [-0.4, -0.2) is 19.0 Å². The molecular weight excluding hydrogens is 350 g/mol. The van der Waals surface area contributed by atoms with Crippen molar-refractivity contribution in [1.29, 1.82) is 0 Å². The summed E-state index contributed by atoms with van der Waals surface area (Å²) in [6.07, 6.45) is 5.22. The molecule has 148 valence electrons. The van der Waals surface area contributed by atoms with Crippen molar-refractivity contribution in [1.82, 2.24) is 0 Å². The molecule has 28 heavy (non-hydrogen) atoms. The highest BCUT2D eigenvalue weighted by molar-refractivity contribution is 6.07. The van der Waals surface area contributed by atoms with Gasteiger partial charge in [0, 0.05) is 33.9 Å². The molecule has 0 saturated carbocycles. The highest BCUT2D eigenvalue weighted by atomic mass is 16.5. The Hall–Kier alpha value is -3.01. The van der Waals surface area contributed by atoms with Crippen molar-refractivity contribution in [3.05, 3.63) is 71.8 Å². The first-order valence-electron chi connectivity index (χ1n) is 9.48. The van der Waals surface area contributed by atoms with Gasteiger partial charge in [-0.25, -0.2) is 0 Å². The molecule has 0 bridgehead atoms. The number of carbonyl (C=O) groups is 1. The van der Waals surface area contributed by atoms with Crippen LogP contribution >= 0.6 is 0 Å². The third-order valence-corrected chi connectivity index (χ3v) is 4.53. The zero-order valence-electron chi connectivity index (χ0n) is 17.1. The monoisotopic (exact) mass is 379 g/mol. The molecule has 0 fully saturated rings. The molecule has 0 aliphatic heterocycles. The molecule has 0 aliphatic rings. The lowest BCUT2D eigenvalue weighted by atomic mass is 9.83. The Morgan fingerprint density at radius 1 is 1.07 bits per heavy atom. The van der Waals surface area contributed by atoms with Gasteiger partial charge in [-0.1, -0.05) is 19.9 Å². The minimum absolute atomic E-state index is 0.0964. The second-order valence-electron chi connectivity index (χ2n) is 7.00. The summed E-state index contributed by atoms with van der Waals surface area (Å²) in [6, 6.07) is 10.8. The molecule has 0 atom stereocenters. The number of ether oxygens (including phenoxy) is 2. The van der Waals surface area contributed by atoms with Crippen LogP contribution in [0, 0.1) is 0 Å². The van der Waals surface area contributed by atoms with E-state index < -0.39 is 0 Å². The quantitative estimate of drug-likeness (QED) is 0.273. The molecule has 2 rings (SSSR count). The molecule has 4 nitrogen and oxygen atoms in total. The number of carbonyl (C=O) groups excluding carboxylic acids is 1. The van der Waals surface area contributed by atoms with Crippen molar-refractivity contribution < 1.29 is 14.3 Å². The molecule has 0 amide bonds. The summed E-state index contributed by atoms with van der Waals surface area (Å²) in [5.74, 6) is 1.34. The number of hydrogen-bond acceptors (Lipinski definition) is 4. The van der Waals surface area contributed by atoms with Gasteiger partial charge in [0.05, 0.1) is 13.2 Å². The second-order valence-corrected chi connectivity index (χ2v) is 7.00. The van der Waals surface area contributed by atoms with Crippen LogP contribution in [0.4, 0.5) is 5.69 Å². The van der Waals surface area contributed by atoms with Crippen molar-refractivity contribution in [3.8, 4) is 11.5 Å². The van der Waals surface area contributed by atoms with Gasteiger partial charge in [-0.2, -0.15) is 0 Å². The number of benzene rings is 2. The highest BCUT2D eigenvalue weighted by Gasteiger charge is 2.23. The van der Waals surface area contributed by atoms with E-state index >= 15 is 0 Å². The zero-order valence-corrected chi connectivity index (χ0v) is 17.1. The molecule has 0 spiro atoms. The molecule has 0 unspecified atom stereocenters.